The number of hydrogen-bond donors (Lipinski definition) is 0. The molecule has 310 valence electrons. The Morgan fingerprint density at radius 1 is 0.672 bits per heavy atom. The Kier molecular flexibility index (Phi) is 15.6. The Hall–Kier alpha value is -1.44. The number of hydrogen-bond acceptors (Lipinski definition) is 0. The Balaban J connectivity index is 0.000000473. The zero-order valence-electron chi connectivity index (χ0n) is 39.1. The summed E-state index contributed by atoms with van der Waals surface area (Å²) < 4.78 is 1.42. The Labute approximate surface area is 385 Å². The molecule has 0 spiro atoms. The summed E-state index contributed by atoms with van der Waals surface area (Å²) in [6.45, 7) is 46.5. The Morgan fingerprint density at radius 3 is 1.53 bits per heavy atom. The van der Waals surface area contributed by atoms with E-state index < -0.39 is 32.3 Å². The standard InChI is InChI=1S/C38H61Si4.C13H10.2ClH.Zr/c1-36(2,3)28-23-27-24-29-32(31(27)30(25-28)39(7,8)9)34(40(10,11)12)35(41(13,14)15)38(37(4,5)6,42(16,17)18)33(29)26-21-19-20-22-26;1-3-7-12(8-4-1)11-13-9-5-2-6-10-13;;;/h19-21,23,25H,22H2,1-18H3;1-10H;2*1H;/q-1;;;;+2/p-2. The number of rotatable bonds is 7. The van der Waals surface area contributed by atoms with Gasteiger partial charge in [-0.1, -0.05) is 177 Å². The van der Waals surface area contributed by atoms with Gasteiger partial charge in [0.2, 0.25) is 0 Å². The zero-order chi connectivity index (χ0) is 42.0. The van der Waals surface area contributed by atoms with Crippen LogP contribution in [-0.2, 0) is 29.7 Å². The monoisotopic (exact) mass is 955 g/mol. The minimum absolute atomic E-state index is 0. The molecule has 0 aliphatic heterocycles. The first-order valence-corrected chi connectivity index (χ1v) is 36.2. The molecule has 3 aromatic carbocycles. The van der Waals surface area contributed by atoms with Crippen molar-refractivity contribution in [2.24, 2.45) is 5.41 Å². The molecule has 0 amide bonds. The summed E-state index contributed by atoms with van der Waals surface area (Å²) in [5, 5.41) is 8.32. The summed E-state index contributed by atoms with van der Waals surface area (Å²) in [5.41, 5.74) is 10.6. The summed E-state index contributed by atoms with van der Waals surface area (Å²) in [7, 11) is -7.24. The van der Waals surface area contributed by atoms with Crippen molar-refractivity contribution < 1.29 is 49.0 Å². The van der Waals surface area contributed by atoms with E-state index in [9.17, 15) is 0 Å². The van der Waals surface area contributed by atoms with Gasteiger partial charge >= 0.3 is 99.2 Å². The van der Waals surface area contributed by atoms with Crippen molar-refractivity contribution in [1.29, 1.82) is 0 Å². The van der Waals surface area contributed by atoms with Crippen LogP contribution in [0.25, 0.3) is 11.6 Å². The normalized spacial score (nSPS) is 18.3. The molecule has 3 aromatic rings. The van der Waals surface area contributed by atoms with Crippen LogP contribution in [0, 0.1) is 5.41 Å². The van der Waals surface area contributed by atoms with Gasteiger partial charge in [0.1, 0.15) is 0 Å². The quantitative estimate of drug-likeness (QED) is 0.187. The zero-order valence-corrected chi connectivity index (χ0v) is 47.1. The van der Waals surface area contributed by atoms with Crippen LogP contribution >= 0.6 is 0 Å². The molecule has 6 rings (SSSR count). The molecule has 0 heterocycles. The van der Waals surface area contributed by atoms with Crippen LogP contribution in [0.2, 0.25) is 83.6 Å². The van der Waals surface area contributed by atoms with Gasteiger partial charge in [-0.3, -0.25) is 0 Å². The van der Waals surface area contributed by atoms with E-state index in [2.05, 4.69) is 217 Å². The predicted molar refractivity (Wildman–Crippen MR) is 258 cm³/mol. The first-order valence-electron chi connectivity index (χ1n) is 20.9. The second kappa shape index (κ2) is 17.7. The van der Waals surface area contributed by atoms with Crippen molar-refractivity contribution >= 4 is 52.3 Å². The molecule has 0 saturated carbocycles. The van der Waals surface area contributed by atoms with Crippen LogP contribution in [0.15, 0.2) is 118 Å². The molecule has 0 nitrogen and oxygen atoms in total. The van der Waals surface area contributed by atoms with Gasteiger partial charge in [0.05, 0.1) is 32.3 Å². The minimum atomic E-state index is -1.89. The average Bonchev–Trinajstić information content (AvgIpc) is 3.73. The summed E-state index contributed by atoms with van der Waals surface area (Å²) in [5.74, 6) is 0. The van der Waals surface area contributed by atoms with Gasteiger partial charge in [0, 0.05) is 0 Å². The second-order valence-electron chi connectivity index (χ2n) is 22.6. The molecular weight excluding hydrogens is 887 g/mol. The molecule has 1 atom stereocenters. The third kappa shape index (κ3) is 9.62. The summed E-state index contributed by atoms with van der Waals surface area (Å²) in [6, 6.07) is 26.3. The molecule has 58 heavy (non-hydrogen) atoms. The number of benzene rings is 3. The van der Waals surface area contributed by atoms with E-state index >= 15 is 0 Å². The van der Waals surface area contributed by atoms with E-state index in [0.717, 1.165) is 6.42 Å². The average molecular weight is 959 g/mol. The van der Waals surface area contributed by atoms with Crippen LogP contribution in [0.1, 0.15) is 64.7 Å². The van der Waals surface area contributed by atoms with E-state index in [1.807, 2.05) is 5.20 Å². The summed E-state index contributed by atoms with van der Waals surface area (Å²) in [6.07, 6.45) is 12.5. The Bertz CT molecular complexity index is 2220. The van der Waals surface area contributed by atoms with Crippen molar-refractivity contribution in [2.75, 3.05) is 0 Å². The van der Waals surface area contributed by atoms with E-state index in [1.165, 1.54) is 54.9 Å². The van der Waals surface area contributed by atoms with Crippen molar-refractivity contribution in [3.05, 3.63) is 145 Å². The van der Waals surface area contributed by atoms with Crippen LogP contribution in [0.4, 0.5) is 0 Å². The van der Waals surface area contributed by atoms with Crippen molar-refractivity contribution in [3.63, 3.8) is 0 Å². The van der Waals surface area contributed by atoms with Gasteiger partial charge in [-0.25, -0.2) is 0 Å². The fourth-order valence-corrected chi connectivity index (χ4v) is 25.8. The number of halogens is 2. The van der Waals surface area contributed by atoms with Gasteiger partial charge in [0.25, 0.3) is 0 Å². The Morgan fingerprint density at radius 2 is 1.17 bits per heavy atom. The molecule has 3 aliphatic carbocycles. The maximum atomic E-state index is 4.28. The van der Waals surface area contributed by atoms with Gasteiger partial charge in [-0.2, -0.15) is 0 Å². The van der Waals surface area contributed by atoms with Gasteiger partial charge in [0.15, 0.2) is 0 Å². The summed E-state index contributed by atoms with van der Waals surface area (Å²) >= 11 is 1.46. The molecule has 0 saturated heterocycles. The SMILES string of the molecule is CC(C)(C)c1cc([Si](C)(C)C)c2c(c1)=[C-]C1=C(C3=CC=CC3)C(C(C)(C)C)([Si](C)(C)C)C([Si](C)(C)C)=C([Si](C)(C)C)C=21.[Cl-].[Cl-].[Zr+2]=[C](c1ccccc1)c1ccccc1. The molecular formula is C51H71Cl2Si4Zr-. The second-order valence-corrected chi connectivity index (χ2v) is 44.1. The van der Waals surface area contributed by atoms with Crippen LogP contribution in [-0.4, -0.2) is 35.5 Å². The van der Waals surface area contributed by atoms with Crippen molar-refractivity contribution in [2.45, 2.75) is 137 Å². The molecule has 0 aromatic heterocycles. The van der Waals surface area contributed by atoms with Crippen LogP contribution < -0.4 is 40.4 Å². The van der Waals surface area contributed by atoms with Gasteiger partial charge in [-0.15, -0.1) is 33.7 Å². The fraction of sp³-hybridized carbons (Fsp3) is 0.431. The van der Waals surface area contributed by atoms with E-state index in [1.54, 1.807) is 32.3 Å². The molecule has 0 fully saturated rings. The van der Waals surface area contributed by atoms with E-state index in [4.69, 9.17) is 0 Å². The molecule has 7 heteroatoms. The number of fused-ring (bicyclic) bond motifs is 2. The molecule has 0 bridgehead atoms. The van der Waals surface area contributed by atoms with Crippen LogP contribution in [0.5, 0.6) is 0 Å². The van der Waals surface area contributed by atoms with E-state index in [0.29, 0.717) is 0 Å². The van der Waals surface area contributed by atoms with Crippen molar-refractivity contribution in [3.8, 4) is 0 Å². The fourth-order valence-electron chi connectivity index (χ4n) is 10.1. The topological polar surface area (TPSA) is 0 Å². The molecule has 0 N–H and O–H groups in total. The van der Waals surface area contributed by atoms with Crippen molar-refractivity contribution in [1.82, 2.24) is 0 Å². The molecule has 3 aliphatic rings. The number of allylic oxidation sites excluding steroid dienone is 8. The first kappa shape index (κ1) is 50.9. The maximum absolute atomic E-state index is 4.28. The van der Waals surface area contributed by atoms with Crippen LogP contribution in [0.3, 0.4) is 0 Å². The van der Waals surface area contributed by atoms with E-state index in [-0.39, 0.29) is 40.7 Å². The third-order valence-corrected chi connectivity index (χ3v) is 23.6. The van der Waals surface area contributed by atoms with Gasteiger partial charge in [-0.05, 0) is 22.3 Å². The molecule has 1 unspecified atom stereocenters. The first-order chi connectivity index (χ1) is 25.5. The van der Waals surface area contributed by atoms with Gasteiger partial charge < -0.3 is 24.8 Å². The molecule has 0 radical (unpaired) electrons. The third-order valence-electron chi connectivity index (χ3n) is 12.0. The predicted octanol–water partition coefficient (Wildman–Crippen LogP) is 6.53. The summed E-state index contributed by atoms with van der Waals surface area (Å²) in [4.78, 5) is 0.